The summed E-state index contributed by atoms with van der Waals surface area (Å²) in [6.07, 6.45) is 4.68. The summed E-state index contributed by atoms with van der Waals surface area (Å²) < 4.78 is 0. The Morgan fingerprint density at radius 3 is 2.86 bits per heavy atom. The second kappa shape index (κ2) is 5.68. The fourth-order valence-corrected chi connectivity index (χ4v) is 3.55. The number of urea groups is 1. The third kappa shape index (κ3) is 2.70. The molecule has 118 valence electrons. The van der Waals surface area contributed by atoms with Gasteiger partial charge in [-0.25, -0.2) is 9.78 Å². The van der Waals surface area contributed by atoms with E-state index in [4.69, 9.17) is 0 Å². The number of hydrogen-bond acceptors (Lipinski definition) is 5. The van der Waals surface area contributed by atoms with E-state index in [-0.39, 0.29) is 12.5 Å². The van der Waals surface area contributed by atoms with Gasteiger partial charge in [0.2, 0.25) is 5.91 Å². The van der Waals surface area contributed by atoms with Crippen LogP contribution in [0.2, 0.25) is 0 Å². The van der Waals surface area contributed by atoms with Crippen LogP contribution in [0.15, 0.2) is 11.6 Å². The summed E-state index contributed by atoms with van der Waals surface area (Å²) in [6, 6.07) is -0.478. The number of amides is 4. The van der Waals surface area contributed by atoms with Crippen LogP contribution in [0.3, 0.4) is 0 Å². The lowest BCUT2D eigenvalue weighted by Crippen LogP contribution is -2.49. The Hall–Kier alpha value is -1.96. The van der Waals surface area contributed by atoms with Crippen molar-refractivity contribution < 1.29 is 14.4 Å². The number of aromatic nitrogens is 1. The van der Waals surface area contributed by atoms with Gasteiger partial charge in [0.1, 0.15) is 12.1 Å². The molecule has 0 aromatic carbocycles. The topological polar surface area (TPSA) is 91.4 Å². The fourth-order valence-electron chi connectivity index (χ4n) is 3.00. The second-order valence-electron chi connectivity index (χ2n) is 5.97. The summed E-state index contributed by atoms with van der Waals surface area (Å²) in [5, 5.41) is 7.58. The van der Waals surface area contributed by atoms with Gasteiger partial charge in [-0.15, -0.1) is 11.3 Å². The lowest BCUT2D eigenvalue weighted by Gasteiger charge is -2.33. The van der Waals surface area contributed by atoms with E-state index in [1.165, 1.54) is 11.3 Å². The minimum atomic E-state index is -0.801. The van der Waals surface area contributed by atoms with Crippen LogP contribution < -0.4 is 10.6 Å². The summed E-state index contributed by atoms with van der Waals surface area (Å²) in [4.78, 5) is 41.6. The Bertz CT molecular complexity index is 593. The van der Waals surface area contributed by atoms with E-state index in [9.17, 15) is 14.4 Å². The maximum atomic E-state index is 12.6. The van der Waals surface area contributed by atoms with Crippen molar-refractivity contribution in [3.05, 3.63) is 11.6 Å². The van der Waals surface area contributed by atoms with E-state index in [1.54, 1.807) is 11.6 Å². The first-order chi connectivity index (χ1) is 10.5. The summed E-state index contributed by atoms with van der Waals surface area (Å²) in [6.45, 7) is 1.87. The van der Waals surface area contributed by atoms with E-state index in [1.807, 2.05) is 0 Å². The number of carbonyl (C=O) groups is 3. The number of nitrogens with one attached hydrogen (secondary N) is 2. The van der Waals surface area contributed by atoms with Crippen LogP contribution >= 0.6 is 11.3 Å². The summed E-state index contributed by atoms with van der Waals surface area (Å²) in [5.41, 5.74) is -0.801. The van der Waals surface area contributed by atoms with E-state index in [0.717, 1.165) is 17.7 Å². The van der Waals surface area contributed by atoms with Crippen LogP contribution in [0.4, 0.5) is 9.93 Å². The summed E-state index contributed by atoms with van der Waals surface area (Å²) in [7, 11) is 0. The molecule has 8 heteroatoms. The van der Waals surface area contributed by atoms with E-state index < -0.39 is 17.5 Å². The van der Waals surface area contributed by atoms with Gasteiger partial charge in [0.05, 0.1) is 0 Å². The Morgan fingerprint density at radius 1 is 1.50 bits per heavy atom. The highest BCUT2D eigenvalue weighted by Gasteiger charge is 2.52. The lowest BCUT2D eigenvalue weighted by molar-refractivity contribution is -0.135. The van der Waals surface area contributed by atoms with Gasteiger partial charge in [-0.3, -0.25) is 14.5 Å². The number of imide groups is 1. The van der Waals surface area contributed by atoms with Crippen molar-refractivity contribution >= 4 is 34.3 Å². The first kappa shape index (κ1) is 15.0. The van der Waals surface area contributed by atoms with Gasteiger partial charge in [0, 0.05) is 11.6 Å². The molecule has 0 bridgehead atoms. The normalized spacial score (nSPS) is 28.0. The third-order valence-electron chi connectivity index (χ3n) is 4.35. The third-order valence-corrected chi connectivity index (χ3v) is 5.04. The number of nitrogens with zero attached hydrogens (tertiary/aromatic N) is 2. The summed E-state index contributed by atoms with van der Waals surface area (Å²) >= 11 is 1.29. The number of thiazole rings is 1. The highest BCUT2D eigenvalue weighted by Crippen LogP contribution is 2.36. The smallest absolute Gasteiger partial charge is 0.323 e. The number of carbonyl (C=O) groups excluding carboxylic acids is 3. The Balaban J connectivity index is 1.65. The highest BCUT2D eigenvalue weighted by molar-refractivity contribution is 7.13. The van der Waals surface area contributed by atoms with Crippen LogP contribution in [0, 0.1) is 5.92 Å². The standard InChI is InChI=1S/C14H18N4O3S/c1-9-2-4-14(5-3-9)11(20)18(13(21)17-14)8-10(19)16-12-15-6-7-22-12/h6-7,9H,2-5,8H2,1H3,(H,17,21)(H,15,16,19). The second-order valence-corrected chi connectivity index (χ2v) is 6.87. The predicted octanol–water partition coefficient (Wildman–Crippen LogP) is 1.58. The maximum absolute atomic E-state index is 12.6. The predicted molar refractivity (Wildman–Crippen MR) is 81.4 cm³/mol. The molecule has 1 aliphatic heterocycles. The van der Waals surface area contributed by atoms with Crippen molar-refractivity contribution in [2.45, 2.75) is 38.1 Å². The van der Waals surface area contributed by atoms with E-state index in [0.29, 0.717) is 23.9 Å². The SMILES string of the molecule is CC1CCC2(CC1)NC(=O)N(CC(=O)Nc1nccs1)C2=O. The first-order valence-corrected chi connectivity index (χ1v) is 8.21. The lowest BCUT2D eigenvalue weighted by atomic mass is 9.77. The molecule has 2 N–H and O–H groups in total. The molecule has 1 aromatic rings. The van der Waals surface area contributed by atoms with Crippen LogP contribution in [0.5, 0.6) is 0 Å². The minimum Gasteiger partial charge on any atom is -0.323 e. The van der Waals surface area contributed by atoms with Crippen molar-refractivity contribution in [2.75, 3.05) is 11.9 Å². The minimum absolute atomic E-state index is 0.276. The Labute approximate surface area is 132 Å². The molecule has 1 spiro atoms. The summed E-state index contributed by atoms with van der Waals surface area (Å²) in [5.74, 6) is -0.129. The molecule has 1 saturated heterocycles. The van der Waals surface area contributed by atoms with Gasteiger partial charge in [-0.05, 0) is 31.6 Å². The van der Waals surface area contributed by atoms with Gasteiger partial charge in [-0.1, -0.05) is 6.92 Å². The quantitative estimate of drug-likeness (QED) is 0.827. The highest BCUT2D eigenvalue weighted by atomic mass is 32.1. The van der Waals surface area contributed by atoms with Crippen molar-refractivity contribution in [1.29, 1.82) is 0 Å². The molecule has 3 rings (SSSR count). The number of anilines is 1. The molecule has 7 nitrogen and oxygen atoms in total. The van der Waals surface area contributed by atoms with E-state index in [2.05, 4.69) is 22.5 Å². The Kier molecular flexibility index (Phi) is 3.86. The van der Waals surface area contributed by atoms with Gasteiger partial charge < -0.3 is 10.6 Å². The van der Waals surface area contributed by atoms with Crippen LogP contribution in [-0.2, 0) is 9.59 Å². The zero-order valence-corrected chi connectivity index (χ0v) is 13.1. The number of hydrogen-bond donors (Lipinski definition) is 2. The zero-order valence-electron chi connectivity index (χ0n) is 12.3. The van der Waals surface area contributed by atoms with Gasteiger partial charge >= 0.3 is 6.03 Å². The molecule has 2 fully saturated rings. The van der Waals surface area contributed by atoms with Crippen molar-refractivity contribution in [2.24, 2.45) is 5.92 Å². The molecule has 4 amide bonds. The number of rotatable bonds is 3. The van der Waals surface area contributed by atoms with Crippen LogP contribution in [-0.4, -0.2) is 39.8 Å². The molecule has 2 aliphatic rings. The van der Waals surface area contributed by atoms with Crippen molar-refractivity contribution in [3.63, 3.8) is 0 Å². The zero-order chi connectivity index (χ0) is 15.7. The van der Waals surface area contributed by atoms with Crippen LogP contribution in [0.25, 0.3) is 0 Å². The van der Waals surface area contributed by atoms with Gasteiger partial charge in [-0.2, -0.15) is 0 Å². The van der Waals surface area contributed by atoms with Crippen molar-refractivity contribution in [1.82, 2.24) is 15.2 Å². The van der Waals surface area contributed by atoms with Gasteiger partial charge in [0.15, 0.2) is 5.13 Å². The maximum Gasteiger partial charge on any atom is 0.325 e. The molecule has 1 saturated carbocycles. The molecular weight excluding hydrogens is 304 g/mol. The molecule has 0 unspecified atom stereocenters. The first-order valence-electron chi connectivity index (χ1n) is 7.34. The molecule has 1 aromatic heterocycles. The molecule has 1 aliphatic carbocycles. The van der Waals surface area contributed by atoms with Gasteiger partial charge in [0.25, 0.3) is 5.91 Å². The Morgan fingerprint density at radius 2 is 2.23 bits per heavy atom. The molecule has 22 heavy (non-hydrogen) atoms. The average molecular weight is 322 g/mol. The molecule has 0 radical (unpaired) electrons. The monoisotopic (exact) mass is 322 g/mol. The molecule has 0 atom stereocenters. The van der Waals surface area contributed by atoms with Crippen molar-refractivity contribution in [3.8, 4) is 0 Å². The van der Waals surface area contributed by atoms with E-state index >= 15 is 0 Å². The fraction of sp³-hybridized carbons (Fsp3) is 0.571. The largest absolute Gasteiger partial charge is 0.325 e. The average Bonchev–Trinajstić information content (AvgIpc) is 3.06. The van der Waals surface area contributed by atoms with Crippen LogP contribution in [0.1, 0.15) is 32.6 Å². The molecular formula is C14H18N4O3S. The molecule has 2 heterocycles.